The molecule has 1 aliphatic rings. The Hall–Kier alpha value is -1.77. The van der Waals surface area contributed by atoms with Crippen LogP contribution in [0.3, 0.4) is 0 Å². The van der Waals surface area contributed by atoms with E-state index in [4.69, 9.17) is 17.6 Å². The number of non-ortho nitro benzene ring substituents is 1. The van der Waals surface area contributed by atoms with Gasteiger partial charge in [-0.25, -0.2) is 5.01 Å². The Kier molecular flexibility index (Phi) is 4.35. The van der Waals surface area contributed by atoms with E-state index in [1.54, 1.807) is 12.1 Å². The molecule has 0 aromatic heterocycles. The second-order valence-electron chi connectivity index (χ2n) is 7.06. The maximum atomic E-state index is 10.8. The monoisotopic (exact) mass is 350 g/mol. The van der Waals surface area contributed by atoms with E-state index in [-0.39, 0.29) is 5.69 Å². The van der Waals surface area contributed by atoms with Gasteiger partial charge in [0.05, 0.1) is 39.8 Å². The molecule has 0 aliphatic carbocycles. The first-order chi connectivity index (χ1) is 10.5. The van der Waals surface area contributed by atoms with Crippen molar-refractivity contribution >= 4 is 37.9 Å². The Morgan fingerprint density at radius 3 is 2.17 bits per heavy atom. The van der Waals surface area contributed by atoms with E-state index < -0.39 is 13.0 Å². The molecule has 0 atom stereocenters. The van der Waals surface area contributed by atoms with Gasteiger partial charge in [-0.3, -0.25) is 10.1 Å². The van der Waals surface area contributed by atoms with E-state index in [0.717, 1.165) is 10.9 Å². The molecule has 1 aliphatic heterocycles. The number of nitro benzene ring substituents is 1. The number of nitro groups is 1. The minimum absolute atomic E-state index is 0.0659. The van der Waals surface area contributed by atoms with Gasteiger partial charge < -0.3 is 12.6 Å². The third kappa shape index (κ3) is 3.14. The van der Waals surface area contributed by atoms with E-state index in [1.165, 1.54) is 17.3 Å². The normalized spacial score (nSPS) is 19.6. The molecule has 1 aromatic carbocycles. The summed E-state index contributed by atoms with van der Waals surface area (Å²) in [6.07, 6.45) is 0. The Balaban J connectivity index is 2.55. The molecular weight excluding hydrogens is 328 g/mol. The van der Waals surface area contributed by atoms with Gasteiger partial charge in [-0.15, -0.1) is 0 Å². The average Bonchev–Trinajstić information content (AvgIpc) is 2.60. The van der Waals surface area contributed by atoms with Gasteiger partial charge in [-0.1, -0.05) is 24.7 Å². The SMILES string of the molecule is CN1C([S-])=C([Si](C)(C)C)C(=Nc2ccc([N+](=O)[O-])cc2)[N+]1(C)C. The van der Waals surface area contributed by atoms with Crippen molar-refractivity contribution in [3.8, 4) is 0 Å². The van der Waals surface area contributed by atoms with E-state index in [2.05, 4.69) is 19.6 Å². The molecule has 0 fully saturated rings. The molecule has 0 saturated carbocycles. The van der Waals surface area contributed by atoms with Crippen LogP contribution in [0, 0.1) is 10.1 Å². The van der Waals surface area contributed by atoms with Crippen LogP contribution in [0.4, 0.5) is 11.4 Å². The Labute approximate surface area is 143 Å². The lowest BCUT2D eigenvalue weighted by molar-refractivity contribution is -0.907. The molecule has 0 amide bonds. The molecular formula is C15H22N4O2SSi. The molecule has 0 spiro atoms. The predicted octanol–water partition coefficient (Wildman–Crippen LogP) is 3.20. The van der Waals surface area contributed by atoms with Gasteiger partial charge in [0, 0.05) is 17.3 Å². The fourth-order valence-electron chi connectivity index (χ4n) is 2.51. The van der Waals surface area contributed by atoms with E-state index in [1.807, 2.05) is 26.2 Å². The molecule has 0 unspecified atom stereocenters. The van der Waals surface area contributed by atoms with Gasteiger partial charge in [-0.2, -0.15) is 9.58 Å². The van der Waals surface area contributed by atoms with E-state index >= 15 is 0 Å². The highest BCUT2D eigenvalue weighted by Crippen LogP contribution is 2.35. The van der Waals surface area contributed by atoms with Gasteiger partial charge in [0.25, 0.3) is 11.5 Å². The van der Waals surface area contributed by atoms with Crippen molar-refractivity contribution in [1.29, 1.82) is 0 Å². The smallest absolute Gasteiger partial charge is 0.269 e. The fraction of sp³-hybridized carbons (Fsp3) is 0.400. The Bertz CT molecular complexity index is 705. The first-order valence-corrected chi connectivity index (χ1v) is 11.2. The number of aliphatic imine (C=N–C) groups is 1. The van der Waals surface area contributed by atoms with Crippen LogP contribution in [0.2, 0.25) is 19.6 Å². The zero-order chi connectivity index (χ0) is 17.6. The number of rotatable bonds is 3. The second-order valence-corrected chi connectivity index (χ2v) is 12.4. The summed E-state index contributed by atoms with van der Waals surface area (Å²) in [4.78, 5) is 15.2. The van der Waals surface area contributed by atoms with Crippen LogP contribution >= 0.6 is 0 Å². The van der Waals surface area contributed by atoms with Crippen LogP contribution in [-0.4, -0.2) is 49.6 Å². The summed E-state index contributed by atoms with van der Waals surface area (Å²) in [5.41, 5.74) is 0.766. The van der Waals surface area contributed by atoms with Crippen molar-refractivity contribution in [3.63, 3.8) is 0 Å². The van der Waals surface area contributed by atoms with Crippen LogP contribution in [-0.2, 0) is 12.6 Å². The third-order valence-electron chi connectivity index (χ3n) is 4.05. The molecule has 0 bridgehead atoms. The first kappa shape index (κ1) is 17.6. The summed E-state index contributed by atoms with van der Waals surface area (Å²) in [5.74, 6) is 0.922. The minimum Gasteiger partial charge on any atom is -0.757 e. The molecule has 6 nitrogen and oxygen atoms in total. The summed E-state index contributed by atoms with van der Waals surface area (Å²) in [6, 6.07) is 6.30. The quantitative estimate of drug-likeness (QED) is 0.276. The fourth-order valence-corrected chi connectivity index (χ4v) is 5.52. The van der Waals surface area contributed by atoms with Gasteiger partial charge in [0.2, 0.25) is 0 Å². The van der Waals surface area contributed by atoms with Gasteiger partial charge in [-0.05, 0) is 12.1 Å². The number of quaternary nitrogens is 1. The van der Waals surface area contributed by atoms with Gasteiger partial charge in [0.1, 0.15) is 0 Å². The number of likely N-dealkylation sites (N-methyl/N-ethyl adjacent to an activating group) is 1. The average molecular weight is 351 g/mol. The van der Waals surface area contributed by atoms with Crippen molar-refractivity contribution < 1.29 is 9.52 Å². The van der Waals surface area contributed by atoms with Crippen molar-refractivity contribution in [2.24, 2.45) is 4.99 Å². The van der Waals surface area contributed by atoms with Gasteiger partial charge >= 0.3 is 0 Å². The zero-order valence-corrected chi connectivity index (χ0v) is 16.1. The van der Waals surface area contributed by atoms with Crippen molar-refractivity contribution in [3.05, 3.63) is 44.6 Å². The standard InChI is InChI=1S/C15H22N4O2SSi/c1-17-15(22)13(23(4,5)6)14(19(17,2)3)16-11-7-9-12(10-8-11)18(20)21/h7-10H,1-6H3. The summed E-state index contributed by atoms with van der Waals surface area (Å²) in [5, 5.41) is 14.8. The maximum absolute atomic E-state index is 10.8. The van der Waals surface area contributed by atoms with E-state index in [0.29, 0.717) is 10.3 Å². The zero-order valence-electron chi connectivity index (χ0n) is 14.3. The lowest BCUT2D eigenvalue weighted by Gasteiger charge is -2.35. The van der Waals surface area contributed by atoms with Crippen molar-refractivity contribution in [1.82, 2.24) is 5.01 Å². The topological polar surface area (TPSA) is 58.7 Å². The highest BCUT2D eigenvalue weighted by Gasteiger charge is 2.44. The summed E-state index contributed by atoms with van der Waals surface area (Å²) in [7, 11) is 4.38. The lowest BCUT2D eigenvalue weighted by atomic mass is 10.3. The number of benzene rings is 1. The third-order valence-corrected chi connectivity index (χ3v) is 6.66. The highest BCUT2D eigenvalue weighted by molar-refractivity contribution is 7.63. The summed E-state index contributed by atoms with van der Waals surface area (Å²) >= 11 is 5.65. The largest absolute Gasteiger partial charge is 0.757 e. The van der Waals surface area contributed by atoms with Crippen LogP contribution in [0.1, 0.15) is 0 Å². The lowest BCUT2D eigenvalue weighted by Crippen LogP contribution is -2.52. The molecule has 0 N–H and O–H groups in total. The molecule has 0 saturated heterocycles. The van der Waals surface area contributed by atoms with Crippen LogP contribution < -0.4 is 0 Å². The summed E-state index contributed by atoms with van der Waals surface area (Å²) < 4.78 is 0.454. The summed E-state index contributed by atoms with van der Waals surface area (Å²) in [6.45, 7) is 6.75. The maximum Gasteiger partial charge on any atom is 0.269 e. The van der Waals surface area contributed by atoms with E-state index in [9.17, 15) is 10.1 Å². The Morgan fingerprint density at radius 1 is 1.22 bits per heavy atom. The highest BCUT2D eigenvalue weighted by atomic mass is 32.1. The molecule has 0 radical (unpaired) electrons. The first-order valence-electron chi connectivity index (χ1n) is 7.30. The van der Waals surface area contributed by atoms with Crippen LogP contribution in [0.15, 0.2) is 39.5 Å². The molecule has 8 heteroatoms. The minimum atomic E-state index is -1.68. The predicted molar refractivity (Wildman–Crippen MR) is 97.8 cm³/mol. The van der Waals surface area contributed by atoms with Crippen molar-refractivity contribution in [2.75, 3.05) is 21.1 Å². The number of nitrogens with zero attached hydrogens (tertiary/aromatic N) is 4. The number of hydrogen-bond donors (Lipinski definition) is 0. The van der Waals surface area contributed by atoms with Crippen LogP contribution in [0.5, 0.6) is 0 Å². The number of hydrogen-bond acceptors (Lipinski definition) is 5. The second kappa shape index (κ2) is 5.70. The molecule has 1 heterocycles. The Morgan fingerprint density at radius 2 is 1.74 bits per heavy atom. The molecule has 23 heavy (non-hydrogen) atoms. The van der Waals surface area contributed by atoms with Crippen LogP contribution in [0.25, 0.3) is 0 Å². The van der Waals surface area contributed by atoms with Gasteiger partial charge in [0.15, 0.2) is 0 Å². The number of amidine groups is 1. The van der Waals surface area contributed by atoms with Crippen molar-refractivity contribution in [2.45, 2.75) is 19.6 Å². The molecule has 124 valence electrons. The molecule has 2 rings (SSSR count). The molecule has 1 aromatic rings.